The number of hydrogen-bond donors (Lipinski definition) is 0. The highest BCUT2D eigenvalue weighted by molar-refractivity contribution is 5.63. The molecule has 0 saturated carbocycles. The van der Waals surface area contributed by atoms with E-state index in [-0.39, 0.29) is 5.54 Å². The summed E-state index contributed by atoms with van der Waals surface area (Å²) in [6, 6.07) is 29.0. The van der Waals surface area contributed by atoms with Crippen molar-refractivity contribution in [1.29, 1.82) is 0 Å². The summed E-state index contributed by atoms with van der Waals surface area (Å²) in [6.45, 7) is 3.47. The van der Waals surface area contributed by atoms with Crippen LogP contribution in [0.5, 0.6) is 0 Å². The Balaban J connectivity index is 1.67. The summed E-state index contributed by atoms with van der Waals surface area (Å²) >= 11 is 0. The van der Waals surface area contributed by atoms with Gasteiger partial charge in [0.25, 0.3) is 0 Å². The lowest BCUT2D eigenvalue weighted by molar-refractivity contribution is 0.335. The monoisotopic (exact) mass is 325 g/mol. The molecule has 2 aliphatic rings. The molecular formula is C24H23N. The van der Waals surface area contributed by atoms with E-state index in [4.69, 9.17) is 0 Å². The van der Waals surface area contributed by atoms with E-state index in [9.17, 15) is 0 Å². The van der Waals surface area contributed by atoms with Gasteiger partial charge in [0, 0.05) is 23.7 Å². The molecular weight excluding hydrogens is 302 g/mol. The van der Waals surface area contributed by atoms with Crippen LogP contribution in [0, 0.1) is 0 Å². The standard InChI is InChI=1S/C24H23N/c1-24-15-19-11-5-6-12-20(19)17-25(24)23-14-8-7-13-21(23)22(16-24)18-9-3-2-4-10-18/h2-14,22H,15-17H2,1H3/t22-,24?/m1/s1. The number of hydrogen-bond acceptors (Lipinski definition) is 1. The van der Waals surface area contributed by atoms with Crippen LogP contribution in [0.15, 0.2) is 78.9 Å². The number of nitrogens with zero attached hydrogens (tertiary/aromatic N) is 1. The van der Waals surface area contributed by atoms with Crippen molar-refractivity contribution in [1.82, 2.24) is 0 Å². The fourth-order valence-electron chi connectivity index (χ4n) is 4.87. The van der Waals surface area contributed by atoms with Crippen molar-refractivity contribution in [3.05, 3.63) is 101 Å². The first kappa shape index (κ1) is 14.8. The first-order valence-electron chi connectivity index (χ1n) is 9.23. The maximum absolute atomic E-state index is 2.66. The highest BCUT2D eigenvalue weighted by atomic mass is 15.2. The Bertz CT molecular complexity index is 914. The third-order valence-corrected chi connectivity index (χ3v) is 6.12. The Morgan fingerprint density at radius 1 is 0.800 bits per heavy atom. The third-order valence-electron chi connectivity index (χ3n) is 6.12. The van der Waals surface area contributed by atoms with E-state index in [0.29, 0.717) is 5.92 Å². The first-order chi connectivity index (χ1) is 12.2. The fourth-order valence-corrected chi connectivity index (χ4v) is 4.87. The second-order valence-corrected chi connectivity index (χ2v) is 7.75. The predicted octanol–water partition coefficient (Wildman–Crippen LogP) is 5.54. The normalized spacial score (nSPS) is 24.2. The SMILES string of the molecule is CC12Cc3ccccc3CN1c1ccccc1[C@@H](c1ccccc1)C2. The summed E-state index contributed by atoms with van der Waals surface area (Å²) in [7, 11) is 0. The number of para-hydroxylation sites is 1. The molecule has 25 heavy (non-hydrogen) atoms. The van der Waals surface area contributed by atoms with E-state index in [0.717, 1.165) is 13.0 Å². The molecule has 0 bridgehead atoms. The summed E-state index contributed by atoms with van der Waals surface area (Å²) in [5.41, 5.74) is 7.50. The van der Waals surface area contributed by atoms with Crippen LogP contribution in [0.1, 0.15) is 41.5 Å². The van der Waals surface area contributed by atoms with Gasteiger partial charge in [-0.05, 0) is 48.1 Å². The van der Waals surface area contributed by atoms with Gasteiger partial charge in [0.15, 0.2) is 0 Å². The van der Waals surface area contributed by atoms with Crippen LogP contribution in [-0.4, -0.2) is 5.54 Å². The van der Waals surface area contributed by atoms with Crippen molar-refractivity contribution in [2.75, 3.05) is 4.90 Å². The average molecular weight is 325 g/mol. The molecule has 0 saturated heterocycles. The molecule has 0 spiro atoms. The molecule has 0 fully saturated rings. The molecule has 0 aliphatic carbocycles. The third kappa shape index (κ3) is 2.30. The molecule has 0 amide bonds. The molecule has 3 aromatic rings. The van der Waals surface area contributed by atoms with Gasteiger partial charge in [-0.2, -0.15) is 0 Å². The van der Waals surface area contributed by atoms with Gasteiger partial charge in [0.1, 0.15) is 0 Å². The van der Waals surface area contributed by atoms with Gasteiger partial charge in [0.05, 0.1) is 0 Å². The van der Waals surface area contributed by atoms with E-state index < -0.39 is 0 Å². The Labute approximate surface area is 149 Å². The second-order valence-electron chi connectivity index (χ2n) is 7.75. The Kier molecular flexibility index (Phi) is 3.24. The minimum atomic E-state index is 0.170. The number of fused-ring (bicyclic) bond motifs is 4. The Morgan fingerprint density at radius 3 is 2.32 bits per heavy atom. The molecule has 1 unspecified atom stereocenters. The zero-order valence-electron chi connectivity index (χ0n) is 14.7. The zero-order valence-corrected chi connectivity index (χ0v) is 14.7. The van der Waals surface area contributed by atoms with Gasteiger partial charge in [0.2, 0.25) is 0 Å². The minimum Gasteiger partial charge on any atom is -0.361 e. The lowest BCUT2D eigenvalue weighted by atomic mass is 9.70. The lowest BCUT2D eigenvalue weighted by Gasteiger charge is -2.53. The van der Waals surface area contributed by atoms with Crippen molar-refractivity contribution < 1.29 is 0 Å². The lowest BCUT2D eigenvalue weighted by Crippen LogP contribution is -2.54. The largest absolute Gasteiger partial charge is 0.361 e. The molecule has 2 aliphatic heterocycles. The highest BCUT2D eigenvalue weighted by Crippen LogP contribution is 2.49. The van der Waals surface area contributed by atoms with Crippen LogP contribution >= 0.6 is 0 Å². The molecule has 1 heteroatoms. The van der Waals surface area contributed by atoms with Crippen molar-refractivity contribution in [2.45, 2.75) is 37.8 Å². The molecule has 0 aromatic heterocycles. The van der Waals surface area contributed by atoms with Crippen LogP contribution in [0.25, 0.3) is 0 Å². The minimum absolute atomic E-state index is 0.170. The van der Waals surface area contributed by atoms with Crippen molar-refractivity contribution in [3.8, 4) is 0 Å². The van der Waals surface area contributed by atoms with E-state index >= 15 is 0 Å². The van der Waals surface area contributed by atoms with Crippen LogP contribution in [0.4, 0.5) is 5.69 Å². The van der Waals surface area contributed by atoms with Gasteiger partial charge < -0.3 is 4.90 Å². The van der Waals surface area contributed by atoms with Crippen LogP contribution in [0.3, 0.4) is 0 Å². The highest BCUT2D eigenvalue weighted by Gasteiger charge is 2.44. The summed E-state index contributed by atoms with van der Waals surface area (Å²) in [5, 5.41) is 0. The van der Waals surface area contributed by atoms with E-state index in [1.807, 2.05) is 0 Å². The van der Waals surface area contributed by atoms with Gasteiger partial charge in [-0.25, -0.2) is 0 Å². The van der Waals surface area contributed by atoms with Gasteiger partial charge in [-0.1, -0.05) is 72.8 Å². The summed E-state index contributed by atoms with van der Waals surface area (Å²) < 4.78 is 0. The molecule has 3 aromatic carbocycles. The van der Waals surface area contributed by atoms with Gasteiger partial charge in [-0.3, -0.25) is 0 Å². The van der Waals surface area contributed by atoms with E-state index in [1.165, 1.54) is 34.4 Å². The van der Waals surface area contributed by atoms with E-state index in [1.54, 1.807) is 0 Å². The molecule has 1 nitrogen and oxygen atoms in total. The van der Waals surface area contributed by atoms with Crippen LogP contribution < -0.4 is 4.90 Å². The maximum atomic E-state index is 2.66. The number of benzene rings is 3. The summed E-state index contributed by atoms with van der Waals surface area (Å²) in [4.78, 5) is 2.66. The van der Waals surface area contributed by atoms with Crippen LogP contribution in [-0.2, 0) is 13.0 Å². The smallest absolute Gasteiger partial charge is 0.0438 e. The summed E-state index contributed by atoms with van der Waals surface area (Å²) in [5.74, 6) is 0.476. The molecule has 2 atom stereocenters. The predicted molar refractivity (Wildman–Crippen MR) is 104 cm³/mol. The zero-order chi connectivity index (χ0) is 16.9. The quantitative estimate of drug-likeness (QED) is 0.567. The Morgan fingerprint density at radius 2 is 1.48 bits per heavy atom. The van der Waals surface area contributed by atoms with Crippen molar-refractivity contribution >= 4 is 5.69 Å². The first-order valence-corrected chi connectivity index (χ1v) is 9.23. The number of rotatable bonds is 1. The second kappa shape index (κ2) is 5.49. The molecule has 0 N–H and O–H groups in total. The molecule has 0 radical (unpaired) electrons. The van der Waals surface area contributed by atoms with Crippen molar-refractivity contribution in [2.24, 2.45) is 0 Å². The number of anilines is 1. The van der Waals surface area contributed by atoms with Crippen molar-refractivity contribution in [3.63, 3.8) is 0 Å². The maximum Gasteiger partial charge on any atom is 0.0438 e. The van der Waals surface area contributed by atoms with Gasteiger partial charge in [-0.15, -0.1) is 0 Å². The van der Waals surface area contributed by atoms with Gasteiger partial charge >= 0.3 is 0 Å². The summed E-state index contributed by atoms with van der Waals surface area (Å²) in [6.07, 6.45) is 2.29. The fraction of sp³-hybridized carbons (Fsp3) is 0.250. The molecule has 2 heterocycles. The van der Waals surface area contributed by atoms with Crippen LogP contribution in [0.2, 0.25) is 0 Å². The topological polar surface area (TPSA) is 3.24 Å². The Hall–Kier alpha value is -2.54. The van der Waals surface area contributed by atoms with E-state index in [2.05, 4.69) is 90.7 Å². The average Bonchev–Trinajstić information content (AvgIpc) is 2.66. The molecule has 5 rings (SSSR count). The molecule has 124 valence electrons.